The van der Waals surface area contributed by atoms with Crippen molar-refractivity contribution < 1.29 is 9.53 Å². The summed E-state index contributed by atoms with van der Waals surface area (Å²) < 4.78 is 5.19. The number of carbonyl (C=O) groups is 1. The van der Waals surface area contributed by atoms with Crippen molar-refractivity contribution in [3.8, 4) is 0 Å². The maximum Gasteiger partial charge on any atom is 0.307 e. The van der Waals surface area contributed by atoms with Crippen LogP contribution in [0.3, 0.4) is 0 Å². The summed E-state index contributed by atoms with van der Waals surface area (Å²) in [5, 5.41) is 0. The van der Waals surface area contributed by atoms with Crippen LogP contribution in [-0.4, -0.2) is 23.1 Å². The minimum atomic E-state index is -0.342. The molecule has 0 aliphatic carbocycles. The first-order valence-corrected chi connectivity index (χ1v) is 6.41. The lowest BCUT2D eigenvalue weighted by atomic mass is 10.2. The first kappa shape index (κ1) is 13.8. The minimum Gasteiger partial charge on any atom is -0.460 e. The maximum atomic E-state index is 11.3. The van der Waals surface area contributed by atoms with E-state index in [0.29, 0.717) is 6.42 Å². The highest BCUT2D eigenvalue weighted by molar-refractivity contribution is 7.99. The summed E-state index contributed by atoms with van der Waals surface area (Å²) in [6.07, 6.45) is 2.99. The van der Waals surface area contributed by atoms with Crippen molar-refractivity contribution in [2.45, 2.75) is 52.6 Å². The van der Waals surface area contributed by atoms with E-state index in [4.69, 9.17) is 4.74 Å². The number of esters is 1. The molecule has 0 radical (unpaired) electrons. The van der Waals surface area contributed by atoms with E-state index in [1.807, 2.05) is 32.5 Å². The van der Waals surface area contributed by atoms with Crippen LogP contribution in [0.4, 0.5) is 0 Å². The monoisotopic (exact) mass is 218 g/mol. The zero-order valence-corrected chi connectivity index (χ0v) is 10.6. The lowest BCUT2D eigenvalue weighted by Gasteiger charge is -2.19. The Balaban J connectivity index is 3.36. The zero-order chi connectivity index (χ0) is 11.0. The van der Waals surface area contributed by atoms with Gasteiger partial charge < -0.3 is 4.74 Å². The van der Waals surface area contributed by atoms with E-state index >= 15 is 0 Å². The quantitative estimate of drug-likeness (QED) is 0.505. The van der Waals surface area contributed by atoms with Gasteiger partial charge in [-0.3, -0.25) is 4.79 Å². The first-order chi connectivity index (χ1) is 6.45. The van der Waals surface area contributed by atoms with E-state index in [-0.39, 0.29) is 11.6 Å². The number of hydrogen-bond donors (Lipinski definition) is 0. The molecule has 84 valence electrons. The van der Waals surface area contributed by atoms with Gasteiger partial charge in [0, 0.05) is 5.75 Å². The molecule has 0 atom stereocenters. The Hall–Kier alpha value is -0.180. The Labute approximate surface area is 91.8 Å². The fraction of sp³-hybridized carbons (Fsp3) is 0.909. The summed E-state index contributed by atoms with van der Waals surface area (Å²) in [7, 11) is 0. The molecular formula is C11H22O2S. The summed E-state index contributed by atoms with van der Waals surface area (Å²) in [4.78, 5) is 11.3. The van der Waals surface area contributed by atoms with Crippen molar-refractivity contribution in [1.29, 1.82) is 0 Å². The Kier molecular flexibility index (Phi) is 7.06. The summed E-state index contributed by atoms with van der Waals surface area (Å²) in [6, 6.07) is 0. The van der Waals surface area contributed by atoms with Crippen LogP contribution < -0.4 is 0 Å². The predicted octanol–water partition coefficient (Wildman–Crippen LogP) is 3.25. The van der Waals surface area contributed by atoms with E-state index in [1.165, 1.54) is 12.8 Å². The molecule has 3 heteroatoms. The normalized spacial score (nSPS) is 11.4. The Bertz CT molecular complexity index is 161. The van der Waals surface area contributed by atoms with Crippen LogP contribution in [0.2, 0.25) is 0 Å². The highest BCUT2D eigenvalue weighted by atomic mass is 32.2. The van der Waals surface area contributed by atoms with Gasteiger partial charge >= 0.3 is 5.97 Å². The molecule has 0 aromatic heterocycles. The Morgan fingerprint density at radius 1 is 1.29 bits per heavy atom. The average Bonchev–Trinajstić information content (AvgIpc) is 2.00. The third-order valence-electron chi connectivity index (χ3n) is 1.51. The fourth-order valence-electron chi connectivity index (χ4n) is 0.897. The predicted molar refractivity (Wildman–Crippen MR) is 62.7 cm³/mol. The fourth-order valence-corrected chi connectivity index (χ4v) is 1.90. The lowest BCUT2D eigenvalue weighted by molar-refractivity contribution is -0.154. The summed E-state index contributed by atoms with van der Waals surface area (Å²) in [5.41, 5.74) is -0.342. The second kappa shape index (κ2) is 7.16. The van der Waals surface area contributed by atoms with Crippen molar-refractivity contribution in [2.75, 3.05) is 11.5 Å². The van der Waals surface area contributed by atoms with Gasteiger partial charge in [-0.05, 0) is 32.9 Å². The number of unbranched alkanes of at least 4 members (excludes halogenated alkanes) is 1. The molecular weight excluding hydrogens is 196 g/mol. The molecule has 0 fully saturated rings. The highest BCUT2D eigenvalue weighted by Crippen LogP contribution is 2.11. The van der Waals surface area contributed by atoms with Gasteiger partial charge in [0.1, 0.15) is 5.60 Å². The molecule has 0 N–H and O–H groups in total. The van der Waals surface area contributed by atoms with E-state index in [9.17, 15) is 4.79 Å². The van der Waals surface area contributed by atoms with Crippen LogP contribution >= 0.6 is 11.8 Å². The van der Waals surface area contributed by atoms with Crippen molar-refractivity contribution in [1.82, 2.24) is 0 Å². The largest absolute Gasteiger partial charge is 0.460 e. The summed E-state index contributed by atoms with van der Waals surface area (Å²) in [5.74, 6) is 1.95. The van der Waals surface area contributed by atoms with Gasteiger partial charge in [0.2, 0.25) is 0 Å². The first-order valence-electron chi connectivity index (χ1n) is 5.25. The van der Waals surface area contributed by atoms with Gasteiger partial charge in [-0.15, -0.1) is 0 Å². The second-order valence-electron chi connectivity index (χ2n) is 4.30. The van der Waals surface area contributed by atoms with Crippen LogP contribution in [0.25, 0.3) is 0 Å². The van der Waals surface area contributed by atoms with Crippen molar-refractivity contribution >= 4 is 17.7 Å². The molecule has 0 saturated carbocycles. The van der Waals surface area contributed by atoms with E-state index < -0.39 is 0 Å². The number of carbonyl (C=O) groups excluding carboxylic acids is 1. The third kappa shape index (κ3) is 9.90. The van der Waals surface area contributed by atoms with Crippen LogP contribution in [0.5, 0.6) is 0 Å². The molecule has 2 nitrogen and oxygen atoms in total. The number of ether oxygens (including phenoxy) is 1. The van der Waals surface area contributed by atoms with Crippen LogP contribution in [-0.2, 0) is 9.53 Å². The Morgan fingerprint density at radius 3 is 2.43 bits per heavy atom. The van der Waals surface area contributed by atoms with Crippen LogP contribution in [0.1, 0.15) is 47.0 Å². The average molecular weight is 218 g/mol. The molecule has 0 rings (SSSR count). The van der Waals surface area contributed by atoms with Gasteiger partial charge in [-0.25, -0.2) is 0 Å². The summed E-state index contributed by atoms with van der Waals surface area (Å²) in [6.45, 7) is 7.87. The molecule has 0 aromatic rings. The molecule has 0 saturated heterocycles. The Morgan fingerprint density at radius 2 is 1.93 bits per heavy atom. The molecule has 0 bridgehead atoms. The maximum absolute atomic E-state index is 11.3. The van der Waals surface area contributed by atoms with Gasteiger partial charge in [-0.2, -0.15) is 11.8 Å². The number of rotatable bonds is 6. The van der Waals surface area contributed by atoms with Crippen LogP contribution in [0.15, 0.2) is 0 Å². The van der Waals surface area contributed by atoms with Crippen LogP contribution in [0, 0.1) is 0 Å². The molecule has 0 amide bonds. The third-order valence-corrected chi connectivity index (χ3v) is 2.58. The lowest BCUT2D eigenvalue weighted by Crippen LogP contribution is -2.24. The molecule has 0 heterocycles. The van der Waals surface area contributed by atoms with Crippen molar-refractivity contribution in [3.05, 3.63) is 0 Å². The topological polar surface area (TPSA) is 26.3 Å². The van der Waals surface area contributed by atoms with E-state index in [2.05, 4.69) is 6.92 Å². The minimum absolute atomic E-state index is 0.0819. The van der Waals surface area contributed by atoms with Gasteiger partial charge in [0.15, 0.2) is 0 Å². The summed E-state index contributed by atoms with van der Waals surface area (Å²) >= 11 is 1.83. The SMILES string of the molecule is CCCCSCCC(=O)OC(C)(C)C. The second-order valence-corrected chi connectivity index (χ2v) is 5.53. The van der Waals surface area contributed by atoms with Gasteiger partial charge in [0.25, 0.3) is 0 Å². The number of hydrogen-bond acceptors (Lipinski definition) is 3. The number of thioether (sulfide) groups is 1. The zero-order valence-electron chi connectivity index (χ0n) is 9.76. The molecule has 0 aromatic carbocycles. The molecule has 0 aliphatic rings. The van der Waals surface area contributed by atoms with E-state index in [1.54, 1.807) is 0 Å². The van der Waals surface area contributed by atoms with Gasteiger partial charge in [-0.1, -0.05) is 13.3 Å². The molecule has 0 unspecified atom stereocenters. The van der Waals surface area contributed by atoms with Crippen molar-refractivity contribution in [3.63, 3.8) is 0 Å². The standard InChI is InChI=1S/C11H22O2S/c1-5-6-8-14-9-7-10(12)13-11(2,3)4/h5-9H2,1-4H3. The molecule has 0 spiro atoms. The van der Waals surface area contributed by atoms with Crippen molar-refractivity contribution in [2.24, 2.45) is 0 Å². The molecule has 0 aliphatic heterocycles. The molecule has 14 heavy (non-hydrogen) atoms. The van der Waals surface area contributed by atoms with E-state index in [0.717, 1.165) is 11.5 Å². The smallest absolute Gasteiger partial charge is 0.307 e. The van der Waals surface area contributed by atoms with Gasteiger partial charge in [0.05, 0.1) is 6.42 Å². The highest BCUT2D eigenvalue weighted by Gasteiger charge is 2.15.